The standard InChI is InChI=1S/C12H19N5O2S/c13-8-11-7-12(9-15-11)20(18,19)16-3-1-2-5-17-6-4-14-10-17/h4,6-7,9-10,15-16H,1-3,5,8,13H2. The van der Waals surface area contributed by atoms with E-state index in [0.717, 1.165) is 19.4 Å². The Bertz CT molecular complexity index is 618. The van der Waals surface area contributed by atoms with E-state index in [4.69, 9.17) is 5.73 Å². The molecule has 20 heavy (non-hydrogen) atoms. The largest absolute Gasteiger partial charge is 0.363 e. The Labute approximate surface area is 118 Å². The summed E-state index contributed by atoms with van der Waals surface area (Å²) in [6.45, 7) is 1.55. The van der Waals surface area contributed by atoms with E-state index in [2.05, 4.69) is 14.7 Å². The number of hydrogen-bond donors (Lipinski definition) is 3. The molecular weight excluding hydrogens is 278 g/mol. The first-order valence-electron chi connectivity index (χ1n) is 6.44. The minimum absolute atomic E-state index is 0.229. The van der Waals surface area contributed by atoms with Crippen molar-refractivity contribution in [2.75, 3.05) is 6.54 Å². The predicted molar refractivity (Wildman–Crippen MR) is 75.3 cm³/mol. The number of aromatic nitrogens is 3. The van der Waals surface area contributed by atoms with Gasteiger partial charge in [0.15, 0.2) is 0 Å². The summed E-state index contributed by atoms with van der Waals surface area (Å²) in [7, 11) is -3.44. The molecule has 2 rings (SSSR count). The molecule has 0 spiro atoms. The number of aryl methyl sites for hydroxylation is 1. The van der Waals surface area contributed by atoms with Gasteiger partial charge in [0.2, 0.25) is 10.0 Å². The van der Waals surface area contributed by atoms with Crippen LogP contribution >= 0.6 is 0 Å². The topological polar surface area (TPSA) is 106 Å². The highest BCUT2D eigenvalue weighted by Crippen LogP contribution is 2.10. The van der Waals surface area contributed by atoms with Crippen LogP contribution in [0.25, 0.3) is 0 Å². The zero-order valence-corrected chi connectivity index (χ0v) is 11.9. The van der Waals surface area contributed by atoms with Gasteiger partial charge in [0.1, 0.15) is 0 Å². The molecular formula is C12H19N5O2S. The van der Waals surface area contributed by atoms with Crippen molar-refractivity contribution in [3.8, 4) is 0 Å². The van der Waals surface area contributed by atoms with Crippen LogP contribution in [0, 0.1) is 0 Å². The molecule has 0 saturated heterocycles. The van der Waals surface area contributed by atoms with E-state index in [-0.39, 0.29) is 4.90 Å². The van der Waals surface area contributed by atoms with Crippen LogP contribution in [-0.4, -0.2) is 29.5 Å². The molecule has 7 nitrogen and oxygen atoms in total. The van der Waals surface area contributed by atoms with E-state index in [1.54, 1.807) is 18.6 Å². The van der Waals surface area contributed by atoms with Gasteiger partial charge in [0, 0.05) is 43.9 Å². The lowest BCUT2D eigenvalue weighted by Gasteiger charge is -2.05. The first-order chi connectivity index (χ1) is 9.62. The van der Waals surface area contributed by atoms with E-state index in [0.29, 0.717) is 18.8 Å². The maximum Gasteiger partial charge on any atom is 0.242 e. The third-order valence-electron chi connectivity index (χ3n) is 2.94. The van der Waals surface area contributed by atoms with Gasteiger partial charge in [-0.2, -0.15) is 0 Å². The van der Waals surface area contributed by atoms with Crippen molar-refractivity contribution in [3.05, 3.63) is 36.7 Å². The van der Waals surface area contributed by atoms with Crippen molar-refractivity contribution in [1.82, 2.24) is 19.3 Å². The molecule has 2 aromatic heterocycles. The lowest BCUT2D eigenvalue weighted by atomic mass is 10.3. The summed E-state index contributed by atoms with van der Waals surface area (Å²) < 4.78 is 28.5. The maximum absolute atomic E-state index is 12.0. The monoisotopic (exact) mass is 297 g/mol. The molecule has 4 N–H and O–H groups in total. The summed E-state index contributed by atoms with van der Waals surface area (Å²) in [6, 6.07) is 1.55. The number of unbranched alkanes of at least 4 members (excludes halogenated alkanes) is 1. The fourth-order valence-electron chi connectivity index (χ4n) is 1.82. The van der Waals surface area contributed by atoms with Crippen molar-refractivity contribution >= 4 is 10.0 Å². The number of nitrogens with one attached hydrogen (secondary N) is 2. The summed E-state index contributed by atoms with van der Waals surface area (Å²) in [5.74, 6) is 0. The Morgan fingerprint density at radius 1 is 1.40 bits per heavy atom. The van der Waals surface area contributed by atoms with E-state index >= 15 is 0 Å². The second-order valence-corrected chi connectivity index (χ2v) is 6.24. The Hall–Kier alpha value is -1.64. The highest BCUT2D eigenvalue weighted by Gasteiger charge is 2.14. The Morgan fingerprint density at radius 3 is 2.90 bits per heavy atom. The molecule has 8 heteroatoms. The fourth-order valence-corrected chi connectivity index (χ4v) is 2.91. The second-order valence-electron chi connectivity index (χ2n) is 4.47. The number of nitrogens with two attached hydrogens (primary N) is 1. The molecule has 0 unspecified atom stereocenters. The SMILES string of the molecule is NCc1cc(S(=O)(=O)NCCCCn2ccnc2)c[nH]1. The van der Waals surface area contributed by atoms with Crippen LogP contribution in [0.1, 0.15) is 18.5 Å². The van der Waals surface area contributed by atoms with Crippen LogP contribution in [0.3, 0.4) is 0 Å². The molecule has 110 valence electrons. The molecule has 2 aromatic rings. The zero-order chi connectivity index (χ0) is 14.4. The normalized spacial score (nSPS) is 11.8. The summed E-state index contributed by atoms with van der Waals surface area (Å²) in [6.07, 6.45) is 8.47. The van der Waals surface area contributed by atoms with Gasteiger partial charge in [-0.25, -0.2) is 18.1 Å². The highest BCUT2D eigenvalue weighted by molar-refractivity contribution is 7.89. The van der Waals surface area contributed by atoms with Crippen LogP contribution in [0.2, 0.25) is 0 Å². The third kappa shape index (κ3) is 3.92. The molecule has 0 radical (unpaired) electrons. The van der Waals surface area contributed by atoms with Gasteiger partial charge in [-0.1, -0.05) is 0 Å². The van der Waals surface area contributed by atoms with E-state index in [1.165, 1.54) is 6.20 Å². The van der Waals surface area contributed by atoms with Gasteiger partial charge < -0.3 is 15.3 Å². The molecule has 0 aromatic carbocycles. The van der Waals surface area contributed by atoms with Crippen LogP contribution in [0.5, 0.6) is 0 Å². The number of hydrogen-bond acceptors (Lipinski definition) is 4. The molecule has 0 aliphatic heterocycles. The molecule has 0 bridgehead atoms. The van der Waals surface area contributed by atoms with Crippen molar-refractivity contribution in [1.29, 1.82) is 0 Å². The molecule has 0 amide bonds. The molecule has 0 fully saturated rings. The molecule has 0 atom stereocenters. The smallest absolute Gasteiger partial charge is 0.242 e. The van der Waals surface area contributed by atoms with Gasteiger partial charge in [-0.3, -0.25) is 0 Å². The predicted octanol–water partition coefficient (Wildman–Crippen LogP) is 0.429. The lowest BCUT2D eigenvalue weighted by Crippen LogP contribution is -2.24. The lowest BCUT2D eigenvalue weighted by molar-refractivity contribution is 0.566. The number of H-pyrrole nitrogens is 1. The summed E-state index contributed by atoms with van der Waals surface area (Å²) in [4.78, 5) is 7.00. The van der Waals surface area contributed by atoms with Crippen LogP contribution in [0.4, 0.5) is 0 Å². The number of nitrogens with zero attached hydrogens (tertiary/aromatic N) is 2. The summed E-state index contributed by atoms with van der Waals surface area (Å²) >= 11 is 0. The van der Waals surface area contributed by atoms with Crippen LogP contribution in [-0.2, 0) is 23.1 Å². The van der Waals surface area contributed by atoms with Crippen molar-refractivity contribution < 1.29 is 8.42 Å². The van der Waals surface area contributed by atoms with E-state index in [9.17, 15) is 8.42 Å². The molecule has 2 heterocycles. The fraction of sp³-hybridized carbons (Fsp3) is 0.417. The number of imidazole rings is 1. The van der Waals surface area contributed by atoms with Gasteiger partial charge in [-0.15, -0.1) is 0 Å². The summed E-state index contributed by atoms with van der Waals surface area (Å²) in [5, 5.41) is 0. The van der Waals surface area contributed by atoms with Crippen molar-refractivity contribution in [2.24, 2.45) is 5.73 Å². The van der Waals surface area contributed by atoms with Gasteiger partial charge in [0.05, 0.1) is 11.2 Å². The maximum atomic E-state index is 12.0. The second kappa shape index (κ2) is 6.69. The number of aromatic amines is 1. The first-order valence-corrected chi connectivity index (χ1v) is 7.93. The third-order valence-corrected chi connectivity index (χ3v) is 4.38. The van der Waals surface area contributed by atoms with Crippen molar-refractivity contribution in [3.63, 3.8) is 0 Å². The molecule has 0 aliphatic carbocycles. The number of rotatable bonds is 8. The Kier molecular flexibility index (Phi) is 4.94. The van der Waals surface area contributed by atoms with Crippen LogP contribution < -0.4 is 10.5 Å². The quantitative estimate of drug-likeness (QED) is 0.614. The molecule has 0 saturated carbocycles. The average molecular weight is 297 g/mol. The Balaban J connectivity index is 1.75. The highest BCUT2D eigenvalue weighted by atomic mass is 32.2. The summed E-state index contributed by atoms with van der Waals surface area (Å²) in [5.41, 5.74) is 6.14. The van der Waals surface area contributed by atoms with E-state index in [1.807, 2.05) is 10.8 Å². The van der Waals surface area contributed by atoms with Gasteiger partial charge in [0.25, 0.3) is 0 Å². The number of sulfonamides is 1. The average Bonchev–Trinajstić information content (AvgIpc) is 3.09. The van der Waals surface area contributed by atoms with E-state index < -0.39 is 10.0 Å². The zero-order valence-electron chi connectivity index (χ0n) is 11.1. The van der Waals surface area contributed by atoms with Crippen molar-refractivity contribution in [2.45, 2.75) is 30.8 Å². The minimum Gasteiger partial charge on any atom is -0.363 e. The van der Waals surface area contributed by atoms with Crippen LogP contribution in [0.15, 0.2) is 35.9 Å². The molecule has 0 aliphatic rings. The first kappa shape index (κ1) is 14.8. The Morgan fingerprint density at radius 2 is 2.25 bits per heavy atom. The minimum atomic E-state index is -3.44. The van der Waals surface area contributed by atoms with Gasteiger partial charge >= 0.3 is 0 Å². The van der Waals surface area contributed by atoms with Gasteiger partial charge in [-0.05, 0) is 18.9 Å².